The Morgan fingerprint density at radius 2 is 0.921 bits per heavy atom. The van der Waals surface area contributed by atoms with Crippen molar-refractivity contribution in [2.45, 2.75) is 170 Å². The van der Waals surface area contributed by atoms with Crippen LogP contribution in [-0.4, -0.2) is 48.2 Å². The molecule has 0 spiro atoms. The van der Waals surface area contributed by atoms with Gasteiger partial charge in [0, 0.05) is 42.9 Å². The summed E-state index contributed by atoms with van der Waals surface area (Å²) in [4.78, 5) is 0. The van der Waals surface area contributed by atoms with Crippen molar-refractivity contribution in [3.8, 4) is 0 Å². The van der Waals surface area contributed by atoms with E-state index in [9.17, 15) is 0 Å². The van der Waals surface area contributed by atoms with Crippen LogP contribution >= 0.6 is 23.9 Å². The predicted molar refractivity (Wildman–Crippen MR) is 354 cm³/mol. The largest absolute Gasteiger partial charge is 0.303 e. The molecule has 0 N–H and O–H groups in total. The van der Waals surface area contributed by atoms with Crippen molar-refractivity contribution >= 4 is 57.2 Å². The van der Waals surface area contributed by atoms with Crippen LogP contribution < -0.4 is 0 Å². The quantitative estimate of drug-likeness (QED) is 0.0661. The predicted octanol–water partition coefficient (Wildman–Crippen LogP) is 18.7. The van der Waals surface area contributed by atoms with E-state index in [1.165, 1.54) is 143 Å². The van der Waals surface area contributed by atoms with Gasteiger partial charge in [-0.15, -0.1) is 0 Å². The lowest BCUT2D eigenvalue weighted by Crippen LogP contribution is -2.08. The van der Waals surface area contributed by atoms with Crippen LogP contribution in [-0.2, 0) is 42.2 Å². The second-order valence-electron chi connectivity index (χ2n) is 22.5. The van der Waals surface area contributed by atoms with Gasteiger partial charge >= 0.3 is 0 Å². The van der Waals surface area contributed by atoms with E-state index in [0.29, 0.717) is 10.1 Å². The summed E-state index contributed by atoms with van der Waals surface area (Å²) in [6, 6.07) is 22.9. The minimum absolute atomic E-state index is 0.0388. The topological polar surface area (TPSA) is 40.3 Å². The third-order valence-electron chi connectivity index (χ3n) is 15.0. The molecule has 408 valence electrons. The van der Waals surface area contributed by atoms with Crippen molar-refractivity contribution in [3.05, 3.63) is 201 Å². The van der Waals surface area contributed by atoms with E-state index in [2.05, 4.69) is 217 Å². The Labute approximate surface area is 471 Å². The molecule has 8 rings (SSSR count). The number of hydrogen-bond acceptors (Lipinski definition) is 4. The summed E-state index contributed by atoms with van der Waals surface area (Å²) in [6.45, 7) is 42.5. The molecule has 3 atom stereocenters. The fourth-order valence-electron chi connectivity index (χ4n) is 9.97. The average Bonchev–Trinajstić information content (AvgIpc) is 4.02. The summed E-state index contributed by atoms with van der Waals surface area (Å²) in [5.74, 6) is 1.31. The highest BCUT2D eigenvalue weighted by Gasteiger charge is 2.21. The van der Waals surface area contributed by atoms with E-state index >= 15 is 0 Å². The Bertz CT molecular complexity index is 3070. The van der Waals surface area contributed by atoms with Crippen LogP contribution in [0.2, 0.25) is 0 Å². The minimum atomic E-state index is 0.0388. The minimum Gasteiger partial charge on any atom is -0.303 e. The second kappa shape index (κ2) is 29.6. The van der Waals surface area contributed by atoms with Crippen molar-refractivity contribution in [1.29, 1.82) is 0 Å². The molecule has 76 heavy (non-hydrogen) atoms. The van der Waals surface area contributed by atoms with Crippen molar-refractivity contribution in [2.75, 3.05) is 26.1 Å². The highest BCUT2D eigenvalue weighted by molar-refractivity contribution is 8.63. The highest BCUT2D eigenvalue weighted by atomic mass is 32.8. The van der Waals surface area contributed by atoms with Crippen LogP contribution in [0.4, 0.5) is 0 Å². The molecule has 0 aliphatic heterocycles. The Morgan fingerprint density at radius 3 is 1.34 bits per heavy atom. The molecule has 0 radical (unpaired) electrons. The number of fused-ring (bicyclic) bond motifs is 3. The van der Waals surface area contributed by atoms with Gasteiger partial charge in [0.15, 0.2) is 0 Å². The summed E-state index contributed by atoms with van der Waals surface area (Å²) in [5.41, 5.74) is 37.2. The van der Waals surface area contributed by atoms with Gasteiger partial charge in [-0.05, 0) is 279 Å². The van der Waals surface area contributed by atoms with E-state index < -0.39 is 0 Å². The van der Waals surface area contributed by atoms with E-state index in [0.717, 1.165) is 36.4 Å². The van der Waals surface area contributed by atoms with E-state index in [1.54, 1.807) is 22.3 Å². The standard InChI is InChI=1S/C17H28P3S.C14H20N2.C13H20N2.2C12H14/c1-5-6-14(11-21(4)20(18)19)17-9-15-7-12(2)13(3)8-16(15)10-17;1-9(2)15-16-13(6)14-8-11(4)10(3)7-12(14)5;1-9-7-11(3)13(8-10(9)2)12(4)14-15(5)6;2*1-8-4-11-6-9(2)10(3)7-12(11)5-8/h7-8H,5-6,9-11,18-19H2,1-4H3;7-8H,1-6H3;7-8H,1-6H3;4,6-7H,5H2,1-3H3;6-7H,1,4-5H2,2-3H3/q+1;;;;/b;16-13+;14-12+;;. The van der Waals surface area contributed by atoms with Gasteiger partial charge < -0.3 is 5.01 Å². The Kier molecular flexibility index (Phi) is 25.0. The van der Waals surface area contributed by atoms with Crippen LogP contribution in [0.15, 0.2) is 105 Å². The molecule has 0 heterocycles. The van der Waals surface area contributed by atoms with Gasteiger partial charge in [-0.1, -0.05) is 96.8 Å². The first-order valence-electron chi connectivity index (χ1n) is 27.3. The maximum Gasteiger partial charge on any atom is 0.145 e. The smallest absolute Gasteiger partial charge is 0.145 e. The molecular weight excluding hydrogens is 998 g/mol. The second-order valence-corrected chi connectivity index (χ2v) is 35.2. The lowest BCUT2D eigenvalue weighted by molar-refractivity contribution is 0.438. The molecule has 5 aromatic rings. The fourth-order valence-corrected chi connectivity index (χ4v) is 13.2. The van der Waals surface area contributed by atoms with Gasteiger partial charge in [0.2, 0.25) is 0 Å². The van der Waals surface area contributed by atoms with Gasteiger partial charge in [0.25, 0.3) is 0 Å². The third kappa shape index (κ3) is 18.9. The van der Waals surface area contributed by atoms with E-state index in [1.807, 2.05) is 39.9 Å². The van der Waals surface area contributed by atoms with Gasteiger partial charge in [0.05, 0.1) is 29.3 Å². The summed E-state index contributed by atoms with van der Waals surface area (Å²) < 4.78 is 0. The fraction of sp³-hybridized carbons (Fsp3) is 0.426. The van der Waals surface area contributed by atoms with Crippen LogP contribution in [0.25, 0.3) is 6.08 Å². The lowest BCUT2D eigenvalue weighted by Gasteiger charge is -2.12. The Balaban J connectivity index is 0.000000208. The molecule has 0 aromatic heterocycles. The van der Waals surface area contributed by atoms with E-state index in [4.69, 9.17) is 0 Å². The molecule has 5 aromatic carbocycles. The maximum atomic E-state index is 4.43. The molecule has 8 heteroatoms. The molecule has 0 amide bonds. The molecule has 0 fully saturated rings. The van der Waals surface area contributed by atoms with Crippen molar-refractivity contribution in [2.24, 2.45) is 15.3 Å². The normalized spacial score (nSPS) is 13.5. The molecule has 0 saturated heterocycles. The molecule has 4 nitrogen and oxygen atoms in total. The van der Waals surface area contributed by atoms with Crippen LogP contribution in [0.1, 0.15) is 166 Å². The highest BCUT2D eigenvalue weighted by Crippen LogP contribution is 2.46. The number of hydrogen-bond donors (Lipinski definition) is 0. The van der Waals surface area contributed by atoms with Crippen LogP contribution in [0.3, 0.4) is 0 Å². The summed E-state index contributed by atoms with van der Waals surface area (Å²) in [6.07, 6.45) is 13.1. The first kappa shape index (κ1) is 64.2. The van der Waals surface area contributed by atoms with Gasteiger partial charge in [-0.25, -0.2) is 0 Å². The first-order valence-corrected chi connectivity index (χ1v) is 34.3. The molecule has 0 bridgehead atoms. The molecule has 3 unspecified atom stereocenters. The number of hydrazone groups is 1. The zero-order valence-electron chi connectivity index (χ0n) is 51.0. The van der Waals surface area contributed by atoms with Crippen molar-refractivity contribution in [3.63, 3.8) is 0 Å². The van der Waals surface area contributed by atoms with Crippen LogP contribution in [0.5, 0.6) is 0 Å². The van der Waals surface area contributed by atoms with Crippen molar-refractivity contribution < 1.29 is 0 Å². The van der Waals surface area contributed by atoms with E-state index in [-0.39, 0.29) is 6.07 Å². The summed E-state index contributed by atoms with van der Waals surface area (Å²) in [5, 5.41) is 14.6. The number of benzene rings is 5. The first-order chi connectivity index (χ1) is 35.6. The number of allylic oxidation sites excluding steroid dienone is 3. The summed E-state index contributed by atoms with van der Waals surface area (Å²) >= 11 is 0. The monoisotopic (exact) mass is 1090 g/mol. The Hall–Kier alpha value is -4.36. The van der Waals surface area contributed by atoms with Gasteiger partial charge in [0.1, 0.15) is 6.07 Å². The number of rotatable bonds is 8. The third-order valence-corrected chi connectivity index (χ3v) is 25.5. The molecule has 3 aliphatic carbocycles. The number of nitrogens with zero attached hydrogens (tertiary/aromatic N) is 4. The zero-order chi connectivity index (χ0) is 56.9. The SMILES string of the molecule is C/C(=N\N(C)C)c1cc(C)c(C)cc1C.C=C1Cc2cc(C)c(C)cc2C1.CC(C)=N/N=C(\C)c1cc(C)c(C)cc1C.CC1=Cc2cc(C)c(C)cc2C1.CCCC(CS(C)=[P+](P)P)=C1Cc2cc(C)c(C)cc2C1. The number of aryl methyl sites for hydroxylation is 12. The summed E-state index contributed by atoms with van der Waals surface area (Å²) in [7, 11) is 10.4. The van der Waals surface area contributed by atoms with Crippen molar-refractivity contribution in [1.82, 2.24) is 5.01 Å². The molecule has 3 aliphatic rings. The van der Waals surface area contributed by atoms with Gasteiger partial charge in [-0.2, -0.15) is 15.3 Å². The maximum absolute atomic E-state index is 4.43. The average molecular weight is 1090 g/mol. The molecule has 0 saturated carbocycles. The zero-order valence-corrected chi connectivity index (χ0v) is 55.0. The van der Waals surface area contributed by atoms with Crippen LogP contribution in [0, 0.1) is 83.1 Å². The van der Waals surface area contributed by atoms with Gasteiger partial charge in [-0.3, -0.25) is 0 Å². The lowest BCUT2D eigenvalue weighted by atomic mass is 9.98. The Morgan fingerprint density at radius 1 is 0.526 bits per heavy atom. The molecular formula is C68H96N4P3S+.